The van der Waals surface area contributed by atoms with Crippen molar-refractivity contribution in [3.63, 3.8) is 0 Å². The number of carbonyl (C=O) groups is 1. The van der Waals surface area contributed by atoms with E-state index in [1.54, 1.807) is 25.1 Å². The van der Waals surface area contributed by atoms with E-state index in [2.05, 4.69) is 51.1 Å². The van der Waals surface area contributed by atoms with Gasteiger partial charge in [-0.25, -0.2) is 4.98 Å². The Kier molecular flexibility index (Phi) is 7.38. The normalized spacial score (nSPS) is 18.1. The molecule has 8 nitrogen and oxygen atoms in total. The average Bonchev–Trinajstić information content (AvgIpc) is 3.23. The van der Waals surface area contributed by atoms with Crippen molar-refractivity contribution in [1.29, 1.82) is 0 Å². The van der Waals surface area contributed by atoms with Gasteiger partial charge in [0.25, 0.3) is 5.91 Å². The van der Waals surface area contributed by atoms with Crippen LogP contribution in [0.25, 0.3) is 16.6 Å². The zero-order chi connectivity index (χ0) is 27.0. The smallest absolute Gasteiger partial charge is 0.253 e. The number of carbonyl (C=O) groups excluding carboxylic acids is 1. The molecule has 0 bridgehead atoms. The zero-order valence-corrected chi connectivity index (χ0v) is 23.3. The summed E-state index contributed by atoms with van der Waals surface area (Å²) in [7, 11) is 9.47. The first kappa shape index (κ1) is 26.2. The fourth-order valence-corrected chi connectivity index (χ4v) is 5.44. The average molecular weight is 532 g/mol. The summed E-state index contributed by atoms with van der Waals surface area (Å²) in [5.41, 5.74) is 7.02. The Morgan fingerprint density at radius 1 is 1.18 bits per heavy atom. The number of allylic oxidation sites excluding steroid dienone is 1. The van der Waals surface area contributed by atoms with Gasteiger partial charge in [-0.3, -0.25) is 20.0 Å². The highest BCUT2D eigenvalue weighted by Crippen LogP contribution is 2.31. The van der Waals surface area contributed by atoms with Crippen molar-refractivity contribution in [3.8, 4) is 0 Å². The number of likely N-dealkylation sites (N-methyl/N-ethyl adjacent to an activating group) is 2. The van der Waals surface area contributed by atoms with Crippen molar-refractivity contribution < 1.29 is 4.79 Å². The molecule has 0 saturated heterocycles. The second kappa shape index (κ2) is 10.7. The fraction of sp³-hybridized carbons (Fsp3) is 0.345. The number of aromatic nitrogens is 2. The molecule has 1 N–H and O–H groups in total. The lowest BCUT2D eigenvalue weighted by Crippen LogP contribution is -2.39. The van der Waals surface area contributed by atoms with E-state index in [0.29, 0.717) is 10.6 Å². The van der Waals surface area contributed by atoms with Crippen LogP contribution in [0.1, 0.15) is 33.6 Å². The van der Waals surface area contributed by atoms with E-state index in [0.717, 1.165) is 53.9 Å². The Balaban J connectivity index is 1.33. The van der Waals surface area contributed by atoms with E-state index in [9.17, 15) is 4.79 Å². The molecule has 0 aliphatic carbocycles. The predicted octanol–water partition coefficient (Wildman–Crippen LogP) is 3.97. The van der Waals surface area contributed by atoms with Crippen molar-refractivity contribution in [2.24, 2.45) is 12.1 Å². The van der Waals surface area contributed by atoms with Crippen LogP contribution in [0.15, 0.2) is 59.9 Å². The lowest BCUT2D eigenvalue weighted by atomic mass is 9.98. The molecule has 0 fully saturated rings. The largest absolute Gasteiger partial charge is 0.345 e. The van der Waals surface area contributed by atoms with Gasteiger partial charge < -0.3 is 9.47 Å². The Morgan fingerprint density at radius 3 is 2.66 bits per heavy atom. The summed E-state index contributed by atoms with van der Waals surface area (Å²) in [5.74, 6) is -0.0457. The van der Waals surface area contributed by atoms with E-state index >= 15 is 0 Å². The first-order valence-electron chi connectivity index (χ1n) is 12.8. The van der Waals surface area contributed by atoms with Crippen LogP contribution in [-0.4, -0.2) is 83.4 Å². The Labute approximate surface area is 228 Å². The Bertz CT molecular complexity index is 1470. The van der Waals surface area contributed by atoms with Crippen molar-refractivity contribution >= 4 is 39.8 Å². The molecule has 1 unspecified atom stereocenters. The molecule has 0 spiro atoms. The number of pyridine rings is 1. The second-order valence-electron chi connectivity index (χ2n) is 10.1. The van der Waals surface area contributed by atoms with Gasteiger partial charge in [-0.2, -0.15) is 5.10 Å². The molecule has 1 amide bonds. The molecule has 2 aliphatic heterocycles. The van der Waals surface area contributed by atoms with E-state index in [4.69, 9.17) is 16.7 Å². The molecular weight excluding hydrogens is 498 g/mol. The number of hydrogen-bond acceptors (Lipinski definition) is 6. The summed E-state index contributed by atoms with van der Waals surface area (Å²) in [6, 6.07) is 9.89. The maximum absolute atomic E-state index is 12.3. The number of nitrogens with zero attached hydrogens (tertiary/aromatic N) is 6. The van der Waals surface area contributed by atoms with Crippen LogP contribution in [0.4, 0.5) is 0 Å². The maximum atomic E-state index is 12.3. The number of halogens is 1. The van der Waals surface area contributed by atoms with Gasteiger partial charge in [0.05, 0.1) is 5.71 Å². The monoisotopic (exact) mass is 531 g/mol. The van der Waals surface area contributed by atoms with Crippen LogP contribution >= 0.6 is 11.6 Å². The summed E-state index contributed by atoms with van der Waals surface area (Å²) in [5, 5.41) is 11.7. The van der Waals surface area contributed by atoms with Gasteiger partial charge in [0.15, 0.2) is 0 Å². The Morgan fingerprint density at radius 2 is 2.00 bits per heavy atom. The van der Waals surface area contributed by atoms with Gasteiger partial charge in [0.2, 0.25) is 0 Å². The highest BCUT2D eigenvalue weighted by Gasteiger charge is 2.21. The van der Waals surface area contributed by atoms with Gasteiger partial charge in [0.1, 0.15) is 11.8 Å². The number of fused-ring (bicyclic) bond motifs is 1. The van der Waals surface area contributed by atoms with Crippen LogP contribution in [0.5, 0.6) is 0 Å². The SMILES string of the molecule is CNC1C=CC(c2ccnc3c2cc(CN2CC=C(c4ccc(C(=O)N(C)C)cc4Cl)CC2)n3C)=NN1C. The minimum Gasteiger partial charge on any atom is -0.345 e. The molecule has 5 rings (SSSR count). The summed E-state index contributed by atoms with van der Waals surface area (Å²) in [6.07, 6.45) is 9.30. The third kappa shape index (κ3) is 4.99. The molecule has 9 heteroatoms. The number of rotatable bonds is 6. The molecule has 0 saturated carbocycles. The summed E-state index contributed by atoms with van der Waals surface area (Å²) in [4.78, 5) is 20.9. The number of amides is 1. The third-order valence-electron chi connectivity index (χ3n) is 7.35. The van der Waals surface area contributed by atoms with Crippen LogP contribution in [-0.2, 0) is 13.6 Å². The van der Waals surface area contributed by atoms with Crippen molar-refractivity contribution in [2.45, 2.75) is 19.1 Å². The number of benzene rings is 1. The predicted molar refractivity (Wildman–Crippen MR) is 154 cm³/mol. The quantitative estimate of drug-likeness (QED) is 0.521. The molecule has 1 atom stereocenters. The van der Waals surface area contributed by atoms with Gasteiger partial charge in [0, 0.05) is 81.3 Å². The molecule has 1 aromatic carbocycles. The molecule has 4 heterocycles. The molecule has 2 aliphatic rings. The summed E-state index contributed by atoms with van der Waals surface area (Å²) in [6.45, 7) is 2.58. The van der Waals surface area contributed by atoms with Gasteiger partial charge in [-0.05, 0) is 61.0 Å². The molecule has 0 radical (unpaired) electrons. The van der Waals surface area contributed by atoms with E-state index in [-0.39, 0.29) is 12.1 Å². The summed E-state index contributed by atoms with van der Waals surface area (Å²) < 4.78 is 2.18. The van der Waals surface area contributed by atoms with Crippen molar-refractivity contribution in [1.82, 2.24) is 29.7 Å². The minimum atomic E-state index is -0.0457. The van der Waals surface area contributed by atoms with Gasteiger partial charge >= 0.3 is 0 Å². The van der Waals surface area contributed by atoms with Crippen molar-refractivity contribution in [3.05, 3.63) is 82.2 Å². The van der Waals surface area contributed by atoms with Crippen molar-refractivity contribution in [2.75, 3.05) is 41.3 Å². The van der Waals surface area contributed by atoms with E-state index < -0.39 is 0 Å². The highest BCUT2D eigenvalue weighted by molar-refractivity contribution is 6.32. The van der Waals surface area contributed by atoms with Crippen LogP contribution < -0.4 is 5.32 Å². The lowest BCUT2D eigenvalue weighted by Gasteiger charge is -2.27. The lowest BCUT2D eigenvalue weighted by molar-refractivity contribution is 0.0827. The van der Waals surface area contributed by atoms with E-state index in [1.807, 2.05) is 43.5 Å². The van der Waals surface area contributed by atoms with Gasteiger partial charge in [-0.1, -0.05) is 23.7 Å². The summed E-state index contributed by atoms with van der Waals surface area (Å²) >= 11 is 6.59. The number of aryl methyl sites for hydroxylation is 1. The highest BCUT2D eigenvalue weighted by atomic mass is 35.5. The first-order chi connectivity index (χ1) is 18.3. The number of nitrogens with one attached hydrogen (secondary N) is 1. The minimum absolute atomic E-state index is 0.0457. The standard InChI is InChI=1S/C29H34ClN7O/c1-31-27-9-8-26(33-36(27)5)23-10-13-32-28-24(23)17-21(35(28)4)18-37-14-11-19(12-15-37)22-7-6-20(16-25(22)30)29(38)34(2)3/h6-11,13,16-17,27,31H,12,14-15,18H2,1-5H3. The second-order valence-corrected chi connectivity index (χ2v) is 10.5. The molecule has 3 aromatic rings. The number of hydrazone groups is 1. The van der Waals surface area contributed by atoms with E-state index in [1.165, 1.54) is 11.3 Å². The van der Waals surface area contributed by atoms with Gasteiger partial charge in [-0.15, -0.1) is 0 Å². The third-order valence-corrected chi connectivity index (χ3v) is 7.66. The zero-order valence-electron chi connectivity index (χ0n) is 22.6. The topological polar surface area (TPSA) is 69.0 Å². The maximum Gasteiger partial charge on any atom is 0.253 e. The molecule has 38 heavy (non-hydrogen) atoms. The molecule has 198 valence electrons. The van der Waals surface area contributed by atoms with Crippen LogP contribution in [0, 0.1) is 0 Å². The fourth-order valence-electron chi connectivity index (χ4n) is 5.14. The number of hydrogen-bond donors (Lipinski definition) is 1. The molecular formula is C29H34ClN7O. The van der Waals surface area contributed by atoms with Crippen LogP contribution in [0.3, 0.4) is 0 Å². The van der Waals surface area contributed by atoms with Crippen LogP contribution in [0.2, 0.25) is 5.02 Å². The first-order valence-corrected chi connectivity index (χ1v) is 13.2. The Hall–Kier alpha value is -3.46. The molecule has 2 aromatic heterocycles.